The Labute approximate surface area is 129 Å². The third-order valence-electron chi connectivity index (χ3n) is 3.17. The first-order valence-electron chi connectivity index (χ1n) is 7.10. The second-order valence-electron chi connectivity index (χ2n) is 4.92. The van der Waals surface area contributed by atoms with E-state index < -0.39 is 0 Å². The van der Waals surface area contributed by atoms with Gasteiger partial charge < -0.3 is 15.2 Å². The summed E-state index contributed by atoms with van der Waals surface area (Å²) in [6.45, 7) is 0.552. The van der Waals surface area contributed by atoms with Crippen LogP contribution in [0.15, 0.2) is 78.9 Å². The van der Waals surface area contributed by atoms with E-state index >= 15 is 0 Å². The Bertz CT molecular complexity index is 724. The molecule has 0 aliphatic rings. The molecule has 0 aromatic heterocycles. The summed E-state index contributed by atoms with van der Waals surface area (Å²) >= 11 is 0. The summed E-state index contributed by atoms with van der Waals surface area (Å²) < 4.78 is 11.5. The lowest BCUT2D eigenvalue weighted by Gasteiger charge is -2.09. The Balaban J connectivity index is 1.60. The number of nitrogens with two attached hydrogens (primary N) is 1. The zero-order chi connectivity index (χ0) is 15.2. The number of ether oxygens (including phenoxy) is 2. The average molecular weight is 291 g/mol. The van der Waals surface area contributed by atoms with Crippen LogP contribution in [-0.4, -0.2) is 0 Å². The fourth-order valence-electron chi connectivity index (χ4n) is 2.06. The van der Waals surface area contributed by atoms with Gasteiger partial charge in [0, 0.05) is 11.8 Å². The first kappa shape index (κ1) is 14.0. The van der Waals surface area contributed by atoms with E-state index in [0.717, 1.165) is 22.8 Å². The average Bonchev–Trinajstić information content (AvgIpc) is 2.55. The molecule has 0 unspecified atom stereocenters. The Kier molecular flexibility index (Phi) is 4.25. The van der Waals surface area contributed by atoms with Crippen LogP contribution in [0.1, 0.15) is 5.56 Å². The van der Waals surface area contributed by atoms with Gasteiger partial charge in [0.05, 0.1) is 0 Å². The van der Waals surface area contributed by atoms with E-state index in [1.54, 1.807) is 6.07 Å². The molecule has 22 heavy (non-hydrogen) atoms. The smallest absolute Gasteiger partial charge is 0.129 e. The number of benzene rings is 3. The Hall–Kier alpha value is -2.94. The van der Waals surface area contributed by atoms with E-state index in [2.05, 4.69) is 0 Å². The maximum absolute atomic E-state index is 5.74. The second-order valence-corrected chi connectivity index (χ2v) is 4.92. The third-order valence-corrected chi connectivity index (χ3v) is 3.17. The summed E-state index contributed by atoms with van der Waals surface area (Å²) in [5, 5.41) is 0. The van der Waals surface area contributed by atoms with Crippen molar-refractivity contribution in [3.63, 3.8) is 0 Å². The van der Waals surface area contributed by atoms with Crippen LogP contribution in [0, 0.1) is 0 Å². The summed E-state index contributed by atoms with van der Waals surface area (Å²) in [7, 11) is 0. The first-order valence-corrected chi connectivity index (χ1v) is 7.10. The zero-order valence-corrected chi connectivity index (χ0v) is 12.1. The van der Waals surface area contributed by atoms with Gasteiger partial charge in [-0.05, 0) is 42.0 Å². The SMILES string of the molecule is Nc1cccc(Oc2ccc(OCc3ccccc3)cc2)c1. The van der Waals surface area contributed by atoms with Crippen molar-refractivity contribution in [2.24, 2.45) is 0 Å². The van der Waals surface area contributed by atoms with Crippen molar-refractivity contribution in [2.75, 3.05) is 5.73 Å². The molecule has 0 atom stereocenters. The number of rotatable bonds is 5. The maximum atomic E-state index is 5.74. The molecule has 0 heterocycles. The molecule has 110 valence electrons. The van der Waals surface area contributed by atoms with Crippen molar-refractivity contribution < 1.29 is 9.47 Å². The van der Waals surface area contributed by atoms with Gasteiger partial charge in [0.15, 0.2) is 0 Å². The minimum absolute atomic E-state index is 0.552. The van der Waals surface area contributed by atoms with E-state index in [4.69, 9.17) is 15.2 Å². The third kappa shape index (κ3) is 3.79. The summed E-state index contributed by atoms with van der Waals surface area (Å²) in [5.41, 5.74) is 7.55. The monoisotopic (exact) mass is 291 g/mol. The molecule has 0 saturated carbocycles. The summed E-state index contributed by atoms with van der Waals surface area (Å²) in [4.78, 5) is 0. The second kappa shape index (κ2) is 6.68. The van der Waals surface area contributed by atoms with Crippen molar-refractivity contribution in [1.82, 2.24) is 0 Å². The highest BCUT2D eigenvalue weighted by atomic mass is 16.5. The first-order chi connectivity index (χ1) is 10.8. The van der Waals surface area contributed by atoms with Gasteiger partial charge in [-0.1, -0.05) is 36.4 Å². The molecule has 0 aliphatic heterocycles. The van der Waals surface area contributed by atoms with Crippen molar-refractivity contribution in [3.05, 3.63) is 84.4 Å². The minimum atomic E-state index is 0.552. The molecule has 3 heteroatoms. The molecular weight excluding hydrogens is 274 g/mol. The number of anilines is 1. The Morgan fingerprint density at radius 3 is 2.14 bits per heavy atom. The van der Waals surface area contributed by atoms with Gasteiger partial charge in [-0.25, -0.2) is 0 Å². The molecule has 3 nitrogen and oxygen atoms in total. The molecular formula is C19H17NO2. The van der Waals surface area contributed by atoms with E-state index in [9.17, 15) is 0 Å². The molecule has 0 bridgehead atoms. The van der Waals surface area contributed by atoms with E-state index in [0.29, 0.717) is 12.3 Å². The molecule has 0 radical (unpaired) electrons. The minimum Gasteiger partial charge on any atom is -0.489 e. The molecule has 0 fully saturated rings. The van der Waals surface area contributed by atoms with Crippen LogP contribution in [0.4, 0.5) is 5.69 Å². The summed E-state index contributed by atoms with van der Waals surface area (Å²) in [6, 6.07) is 25.0. The van der Waals surface area contributed by atoms with Crippen LogP contribution < -0.4 is 15.2 Å². The summed E-state index contributed by atoms with van der Waals surface area (Å²) in [6.07, 6.45) is 0. The molecule has 0 amide bonds. The van der Waals surface area contributed by atoms with E-state index in [-0.39, 0.29) is 0 Å². The summed E-state index contributed by atoms with van der Waals surface area (Å²) in [5.74, 6) is 2.28. The molecule has 2 N–H and O–H groups in total. The standard InChI is InChI=1S/C19H17NO2/c20-16-7-4-8-19(13-16)22-18-11-9-17(10-12-18)21-14-15-5-2-1-3-6-15/h1-13H,14,20H2. The Morgan fingerprint density at radius 1 is 0.682 bits per heavy atom. The quantitative estimate of drug-likeness (QED) is 0.696. The van der Waals surface area contributed by atoms with Crippen LogP contribution in [0.25, 0.3) is 0 Å². The number of hydrogen-bond acceptors (Lipinski definition) is 3. The van der Waals surface area contributed by atoms with Gasteiger partial charge in [0.1, 0.15) is 23.9 Å². The van der Waals surface area contributed by atoms with Gasteiger partial charge in [-0.2, -0.15) is 0 Å². The van der Waals surface area contributed by atoms with Crippen LogP contribution >= 0.6 is 0 Å². The molecule has 0 saturated heterocycles. The van der Waals surface area contributed by atoms with E-state index in [1.165, 1.54) is 0 Å². The molecule has 0 aliphatic carbocycles. The van der Waals surface area contributed by atoms with Crippen LogP contribution in [0.2, 0.25) is 0 Å². The molecule has 3 rings (SSSR count). The Morgan fingerprint density at radius 2 is 1.41 bits per heavy atom. The number of hydrogen-bond donors (Lipinski definition) is 1. The lowest BCUT2D eigenvalue weighted by atomic mass is 10.2. The van der Waals surface area contributed by atoms with Crippen molar-refractivity contribution in [3.8, 4) is 17.2 Å². The topological polar surface area (TPSA) is 44.5 Å². The van der Waals surface area contributed by atoms with Gasteiger partial charge in [-0.15, -0.1) is 0 Å². The van der Waals surface area contributed by atoms with Gasteiger partial charge in [-0.3, -0.25) is 0 Å². The van der Waals surface area contributed by atoms with Crippen molar-refractivity contribution >= 4 is 5.69 Å². The lowest BCUT2D eigenvalue weighted by Crippen LogP contribution is -1.94. The lowest BCUT2D eigenvalue weighted by molar-refractivity contribution is 0.306. The largest absolute Gasteiger partial charge is 0.489 e. The van der Waals surface area contributed by atoms with Crippen LogP contribution in [-0.2, 0) is 6.61 Å². The highest BCUT2D eigenvalue weighted by Gasteiger charge is 2.00. The maximum Gasteiger partial charge on any atom is 0.129 e. The molecule has 0 spiro atoms. The number of nitrogen functional groups attached to an aromatic ring is 1. The van der Waals surface area contributed by atoms with Crippen molar-refractivity contribution in [2.45, 2.75) is 6.61 Å². The highest BCUT2D eigenvalue weighted by Crippen LogP contribution is 2.25. The van der Waals surface area contributed by atoms with Gasteiger partial charge >= 0.3 is 0 Å². The van der Waals surface area contributed by atoms with Crippen LogP contribution in [0.3, 0.4) is 0 Å². The molecule has 3 aromatic rings. The predicted molar refractivity (Wildman–Crippen MR) is 88.1 cm³/mol. The normalized spacial score (nSPS) is 10.2. The van der Waals surface area contributed by atoms with Crippen molar-refractivity contribution in [1.29, 1.82) is 0 Å². The van der Waals surface area contributed by atoms with Gasteiger partial charge in [0.25, 0.3) is 0 Å². The van der Waals surface area contributed by atoms with E-state index in [1.807, 2.05) is 72.8 Å². The predicted octanol–water partition coefficient (Wildman–Crippen LogP) is 4.64. The fraction of sp³-hybridized carbons (Fsp3) is 0.0526. The zero-order valence-electron chi connectivity index (χ0n) is 12.1. The molecule has 3 aromatic carbocycles. The fourth-order valence-corrected chi connectivity index (χ4v) is 2.06. The highest BCUT2D eigenvalue weighted by molar-refractivity contribution is 5.45. The van der Waals surface area contributed by atoms with Crippen LogP contribution in [0.5, 0.6) is 17.2 Å². The van der Waals surface area contributed by atoms with Gasteiger partial charge in [0.2, 0.25) is 0 Å².